The summed E-state index contributed by atoms with van der Waals surface area (Å²) in [5, 5.41) is 0. The molecule has 0 saturated carbocycles. The predicted molar refractivity (Wildman–Crippen MR) is 91.6 cm³/mol. The van der Waals surface area contributed by atoms with Crippen LogP contribution in [0.2, 0.25) is 0 Å². The molecule has 1 aromatic carbocycles. The molecular weight excluding hydrogens is 394 g/mol. The summed E-state index contributed by atoms with van der Waals surface area (Å²) in [4.78, 5) is 34.9. The lowest BCUT2D eigenvalue weighted by atomic mass is 10.3. The van der Waals surface area contributed by atoms with Gasteiger partial charge in [-0.15, -0.1) is 0 Å². The van der Waals surface area contributed by atoms with Gasteiger partial charge in [-0.25, -0.2) is 4.79 Å². The maximum atomic E-state index is 11.7. The van der Waals surface area contributed by atoms with Gasteiger partial charge in [-0.1, -0.05) is 15.9 Å². The van der Waals surface area contributed by atoms with Gasteiger partial charge < -0.3 is 14.0 Å². The number of nitrogens with one attached hydrogen (secondary N) is 2. The second kappa shape index (κ2) is 8.88. The van der Waals surface area contributed by atoms with Crippen LogP contribution in [0.5, 0.6) is 5.75 Å². The first-order chi connectivity index (χ1) is 12.0. The van der Waals surface area contributed by atoms with E-state index >= 15 is 0 Å². The van der Waals surface area contributed by atoms with Gasteiger partial charge in [0.05, 0.1) is 0 Å². The summed E-state index contributed by atoms with van der Waals surface area (Å²) in [5.74, 6) is -1.33. The molecule has 2 aromatic rings. The van der Waals surface area contributed by atoms with Gasteiger partial charge in [-0.05, 0) is 36.4 Å². The van der Waals surface area contributed by atoms with Gasteiger partial charge in [0.1, 0.15) is 11.4 Å². The molecule has 25 heavy (non-hydrogen) atoms. The zero-order chi connectivity index (χ0) is 18.2. The van der Waals surface area contributed by atoms with Crippen molar-refractivity contribution in [3.05, 3.63) is 52.8 Å². The van der Waals surface area contributed by atoms with Crippen LogP contribution in [0.25, 0.3) is 0 Å². The van der Waals surface area contributed by atoms with Gasteiger partial charge in [-0.3, -0.25) is 20.4 Å². The van der Waals surface area contributed by atoms with Crippen molar-refractivity contribution in [3.63, 3.8) is 0 Å². The summed E-state index contributed by atoms with van der Waals surface area (Å²) in [7, 11) is 1.68. The average molecular weight is 410 g/mol. The number of amides is 2. The maximum Gasteiger partial charge on any atom is 0.355 e. The number of hydrogen-bond acceptors (Lipinski definition) is 5. The second-order valence-corrected chi connectivity index (χ2v) is 5.84. The number of rotatable bonds is 6. The molecule has 132 valence electrons. The lowest BCUT2D eigenvalue weighted by molar-refractivity contribution is -0.131. The van der Waals surface area contributed by atoms with E-state index in [2.05, 4.69) is 26.8 Å². The van der Waals surface area contributed by atoms with Gasteiger partial charge in [0, 0.05) is 17.7 Å². The Morgan fingerprint density at radius 2 is 1.68 bits per heavy atom. The largest absolute Gasteiger partial charge is 0.484 e. The van der Waals surface area contributed by atoms with E-state index in [4.69, 9.17) is 9.47 Å². The van der Waals surface area contributed by atoms with E-state index in [1.807, 2.05) is 0 Å². The van der Waals surface area contributed by atoms with Crippen molar-refractivity contribution in [1.82, 2.24) is 15.4 Å². The Morgan fingerprint density at radius 3 is 2.28 bits per heavy atom. The third-order valence-electron chi connectivity index (χ3n) is 3.01. The van der Waals surface area contributed by atoms with Crippen molar-refractivity contribution in [1.29, 1.82) is 0 Å². The number of aromatic nitrogens is 1. The molecule has 0 radical (unpaired) electrons. The van der Waals surface area contributed by atoms with Crippen molar-refractivity contribution in [2.45, 2.75) is 0 Å². The predicted octanol–water partition coefficient (Wildman–Crippen LogP) is 1.17. The van der Waals surface area contributed by atoms with Crippen LogP contribution >= 0.6 is 15.9 Å². The van der Waals surface area contributed by atoms with Crippen LogP contribution in [-0.4, -0.2) is 35.6 Å². The van der Waals surface area contributed by atoms with Crippen molar-refractivity contribution >= 4 is 33.7 Å². The SMILES string of the molecule is Cn1cccc1C(=O)OCC(=O)NNC(=O)COc1ccc(Br)cc1. The number of carbonyl (C=O) groups is 3. The molecular formula is C16H16BrN3O5. The first-order valence-electron chi connectivity index (χ1n) is 7.20. The van der Waals surface area contributed by atoms with Crippen LogP contribution in [0.3, 0.4) is 0 Å². The molecule has 0 bridgehead atoms. The molecule has 2 rings (SSSR count). The third kappa shape index (κ3) is 5.96. The summed E-state index contributed by atoms with van der Waals surface area (Å²) in [5.41, 5.74) is 4.62. The van der Waals surface area contributed by atoms with Gasteiger partial charge in [0.15, 0.2) is 13.2 Å². The Balaban J connectivity index is 1.65. The summed E-state index contributed by atoms with van der Waals surface area (Å²) >= 11 is 3.29. The molecule has 0 fully saturated rings. The first-order valence-corrected chi connectivity index (χ1v) is 7.99. The third-order valence-corrected chi connectivity index (χ3v) is 3.54. The van der Waals surface area contributed by atoms with Gasteiger partial charge in [0.25, 0.3) is 11.8 Å². The highest BCUT2D eigenvalue weighted by molar-refractivity contribution is 9.10. The number of benzene rings is 1. The molecule has 9 heteroatoms. The van der Waals surface area contributed by atoms with Crippen molar-refractivity contribution in [2.24, 2.45) is 7.05 Å². The first kappa shape index (κ1) is 18.5. The summed E-state index contributed by atoms with van der Waals surface area (Å²) in [6, 6.07) is 10.2. The Kier molecular flexibility index (Phi) is 6.58. The van der Waals surface area contributed by atoms with E-state index < -0.39 is 24.4 Å². The second-order valence-electron chi connectivity index (χ2n) is 4.92. The Hall–Kier alpha value is -2.81. The smallest absolute Gasteiger partial charge is 0.355 e. The number of aryl methyl sites for hydroxylation is 1. The Labute approximate surface area is 152 Å². The Morgan fingerprint density at radius 1 is 1.04 bits per heavy atom. The minimum atomic E-state index is -0.667. The van der Waals surface area contributed by atoms with Crippen LogP contribution in [0.15, 0.2) is 47.1 Å². The fourth-order valence-electron chi connectivity index (χ4n) is 1.77. The number of nitrogens with zero attached hydrogens (tertiary/aromatic N) is 1. The lowest BCUT2D eigenvalue weighted by Crippen LogP contribution is -2.45. The van der Waals surface area contributed by atoms with E-state index in [1.54, 1.807) is 54.2 Å². The average Bonchev–Trinajstić information content (AvgIpc) is 3.03. The fourth-order valence-corrected chi connectivity index (χ4v) is 2.03. The van der Waals surface area contributed by atoms with Crippen molar-refractivity contribution in [2.75, 3.05) is 13.2 Å². The molecule has 2 amide bonds. The van der Waals surface area contributed by atoms with E-state index in [1.165, 1.54) is 0 Å². The molecule has 0 saturated heterocycles. The molecule has 0 spiro atoms. The molecule has 0 aliphatic heterocycles. The van der Waals surface area contributed by atoms with Gasteiger partial charge in [-0.2, -0.15) is 0 Å². The van der Waals surface area contributed by atoms with Crippen LogP contribution in [0.1, 0.15) is 10.5 Å². The number of esters is 1. The van der Waals surface area contributed by atoms with E-state index in [9.17, 15) is 14.4 Å². The highest BCUT2D eigenvalue weighted by atomic mass is 79.9. The topological polar surface area (TPSA) is 98.7 Å². The monoisotopic (exact) mass is 409 g/mol. The van der Waals surface area contributed by atoms with Gasteiger partial charge in [0.2, 0.25) is 0 Å². The van der Waals surface area contributed by atoms with Crippen LogP contribution in [-0.2, 0) is 21.4 Å². The van der Waals surface area contributed by atoms with Crippen LogP contribution < -0.4 is 15.6 Å². The zero-order valence-corrected chi connectivity index (χ0v) is 14.9. The molecule has 0 atom stereocenters. The lowest BCUT2D eigenvalue weighted by Gasteiger charge is -2.09. The molecule has 1 heterocycles. The minimum Gasteiger partial charge on any atom is -0.484 e. The summed E-state index contributed by atoms with van der Waals surface area (Å²) < 4.78 is 12.5. The highest BCUT2D eigenvalue weighted by Crippen LogP contribution is 2.15. The number of ether oxygens (including phenoxy) is 2. The van der Waals surface area contributed by atoms with Gasteiger partial charge >= 0.3 is 5.97 Å². The summed E-state index contributed by atoms with van der Waals surface area (Å²) in [6.07, 6.45) is 1.68. The Bertz CT molecular complexity index is 757. The quantitative estimate of drug-likeness (QED) is 0.551. The van der Waals surface area contributed by atoms with E-state index in [0.29, 0.717) is 11.4 Å². The molecule has 0 aliphatic rings. The molecule has 2 N–H and O–H groups in total. The normalized spacial score (nSPS) is 10.0. The minimum absolute atomic E-state index is 0.273. The number of hydrazine groups is 1. The van der Waals surface area contributed by atoms with Crippen LogP contribution in [0.4, 0.5) is 0 Å². The molecule has 1 aromatic heterocycles. The molecule has 0 unspecified atom stereocenters. The van der Waals surface area contributed by atoms with E-state index in [0.717, 1.165) is 4.47 Å². The van der Waals surface area contributed by atoms with Crippen molar-refractivity contribution in [3.8, 4) is 5.75 Å². The maximum absolute atomic E-state index is 11.7. The summed E-state index contributed by atoms with van der Waals surface area (Å²) in [6.45, 7) is -0.789. The number of hydrogen-bond donors (Lipinski definition) is 2. The molecule has 8 nitrogen and oxygen atoms in total. The zero-order valence-electron chi connectivity index (χ0n) is 13.3. The molecule has 0 aliphatic carbocycles. The van der Waals surface area contributed by atoms with E-state index in [-0.39, 0.29) is 6.61 Å². The number of halogens is 1. The standard InChI is InChI=1S/C16H16BrN3O5/c1-20-8-2-3-13(20)16(23)25-10-15(22)19-18-14(21)9-24-12-6-4-11(17)5-7-12/h2-8H,9-10H2,1H3,(H,18,21)(H,19,22). The highest BCUT2D eigenvalue weighted by Gasteiger charge is 2.13. The van der Waals surface area contributed by atoms with Crippen LogP contribution in [0, 0.1) is 0 Å². The fraction of sp³-hybridized carbons (Fsp3) is 0.188. The van der Waals surface area contributed by atoms with Crippen molar-refractivity contribution < 1.29 is 23.9 Å². The number of carbonyl (C=O) groups excluding carboxylic acids is 3.